The van der Waals surface area contributed by atoms with Gasteiger partial charge < -0.3 is 20.4 Å². The van der Waals surface area contributed by atoms with Gasteiger partial charge >= 0.3 is 0 Å². The third-order valence-corrected chi connectivity index (χ3v) is 5.56. The molecule has 2 aliphatic heterocycles. The second kappa shape index (κ2) is 7.85. The Morgan fingerprint density at radius 2 is 1.76 bits per heavy atom. The topological polar surface area (TPSA) is 81.8 Å². The standard InChI is InChI=1S/C21H21ClN4O3/c1-25-6-8-26(9-7-25)21(29)13-2-4-15(5-3-13)23-20(28)16-10-14-11-19(27)24-18(14)12-17(16)22/h2-5,10,12H,6-9,11H2,1H3,(H,23,28)(H,24,27). The van der Waals surface area contributed by atoms with Gasteiger partial charge in [0.25, 0.3) is 11.8 Å². The molecule has 2 N–H and O–H groups in total. The van der Waals surface area contributed by atoms with E-state index >= 15 is 0 Å². The summed E-state index contributed by atoms with van der Waals surface area (Å²) in [5.74, 6) is -0.487. The summed E-state index contributed by atoms with van der Waals surface area (Å²) in [7, 11) is 2.04. The molecular weight excluding hydrogens is 392 g/mol. The summed E-state index contributed by atoms with van der Waals surface area (Å²) in [5, 5.41) is 5.77. The Kier molecular flexibility index (Phi) is 5.25. The number of carbonyl (C=O) groups excluding carboxylic acids is 3. The van der Waals surface area contributed by atoms with Gasteiger partial charge in [-0.1, -0.05) is 11.6 Å². The number of halogens is 1. The van der Waals surface area contributed by atoms with Crippen LogP contribution in [0.4, 0.5) is 11.4 Å². The van der Waals surface area contributed by atoms with Gasteiger partial charge in [-0.3, -0.25) is 14.4 Å². The van der Waals surface area contributed by atoms with Crippen LogP contribution in [0.2, 0.25) is 5.02 Å². The van der Waals surface area contributed by atoms with E-state index in [0.717, 1.165) is 18.7 Å². The Balaban J connectivity index is 1.44. The zero-order valence-corrected chi connectivity index (χ0v) is 16.8. The third kappa shape index (κ3) is 4.11. The fraction of sp³-hybridized carbons (Fsp3) is 0.286. The van der Waals surface area contributed by atoms with E-state index in [0.29, 0.717) is 35.6 Å². The molecule has 0 atom stereocenters. The SMILES string of the molecule is CN1CCN(C(=O)c2ccc(NC(=O)c3cc4c(cc3Cl)NC(=O)C4)cc2)CC1. The summed E-state index contributed by atoms with van der Waals surface area (Å²) >= 11 is 6.21. The molecule has 2 heterocycles. The monoisotopic (exact) mass is 412 g/mol. The van der Waals surface area contributed by atoms with Gasteiger partial charge in [-0.25, -0.2) is 0 Å². The summed E-state index contributed by atoms with van der Waals surface area (Å²) in [6.45, 7) is 3.15. The number of hydrogen-bond acceptors (Lipinski definition) is 4. The minimum Gasteiger partial charge on any atom is -0.336 e. The van der Waals surface area contributed by atoms with Gasteiger partial charge in [0.05, 0.1) is 17.0 Å². The van der Waals surface area contributed by atoms with Crippen LogP contribution in [-0.2, 0) is 11.2 Å². The normalized spacial score (nSPS) is 16.3. The fourth-order valence-electron chi connectivity index (χ4n) is 3.51. The summed E-state index contributed by atoms with van der Waals surface area (Å²) < 4.78 is 0. The molecule has 2 aromatic carbocycles. The lowest BCUT2D eigenvalue weighted by atomic mass is 10.1. The van der Waals surface area contributed by atoms with Crippen molar-refractivity contribution in [3.8, 4) is 0 Å². The minimum atomic E-state index is -0.365. The maximum atomic E-state index is 12.6. The largest absolute Gasteiger partial charge is 0.336 e. The maximum Gasteiger partial charge on any atom is 0.257 e. The Labute approximate surface area is 173 Å². The summed E-state index contributed by atoms with van der Waals surface area (Å²) in [4.78, 5) is 40.8. The van der Waals surface area contributed by atoms with Crippen molar-refractivity contribution in [1.82, 2.24) is 9.80 Å². The van der Waals surface area contributed by atoms with Crippen molar-refractivity contribution in [2.75, 3.05) is 43.9 Å². The molecule has 0 spiro atoms. The van der Waals surface area contributed by atoms with E-state index in [2.05, 4.69) is 15.5 Å². The predicted molar refractivity (Wildman–Crippen MR) is 112 cm³/mol. The second-order valence-electron chi connectivity index (χ2n) is 7.34. The lowest BCUT2D eigenvalue weighted by Gasteiger charge is -2.32. The summed E-state index contributed by atoms with van der Waals surface area (Å²) in [5.41, 5.74) is 2.85. The molecular formula is C21H21ClN4O3. The molecule has 0 aromatic heterocycles. The van der Waals surface area contributed by atoms with Crippen LogP contribution in [0.5, 0.6) is 0 Å². The van der Waals surface area contributed by atoms with E-state index in [9.17, 15) is 14.4 Å². The molecule has 3 amide bonds. The Morgan fingerprint density at radius 3 is 2.45 bits per heavy atom. The van der Waals surface area contributed by atoms with Gasteiger partial charge in [-0.15, -0.1) is 0 Å². The average Bonchev–Trinajstić information content (AvgIpc) is 3.06. The van der Waals surface area contributed by atoms with E-state index < -0.39 is 0 Å². The summed E-state index contributed by atoms with van der Waals surface area (Å²) in [6.07, 6.45) is 0.232. The van der Waals surface area contributed by atoms with Crippen LogP contribution >= 0.6 is 11.6 Å². The number of benzene rings is 2. The van der Waals surface area contributed by atoms with Gasteiger partial charge in [0.1, 0.15) is 0 Å². The van der Waals surface area contributed by atoms with Crippen molar-refractivity contribution >= 4 is 40.7 Å². The van der Waals surface area contributed by atoms with Gasteiger partial charge in [0.15, 0.2) is 0 Å². The molecule has 0 unspecified atom stereocenters. The lowest BCUT2D eigenvalue weighted by molar-refractivity contribution is -0.115. The molecule has 8 heteroatoms. The zero-order valence-electron chi connectivity index (χ0n) is 16.0. The first kappa shape index (κ1) is 19.4. The van der Waals surface area contributed by atoms with Crippen LogP contribution in [0.1, 0.15) is 26.3 Å². The van der Waals surface area contributed by atoms with E-state index in [4.69, 9.17) is 11.6 Å². The van der Waals surface area contributed by atoms with Crippen molar-refractivity contribution in [2.24, 2.45) is 0 Å². The van der Waals surface area contributed by atoms with Crippen molar-refractivity contribution in [1.29, 1.82) is 0 Å². The number of piperazine rings is 1. The van der Waals surface area contributed by atoms with Gasteiger partial charge in [0, 0.05) is 43.1 Å². The zero-order chi connectivity index (χ0) is 20.5. The summed E-state index contributed by atoms with van der Waals surface area (Å²) in [6, 6.07) is 10.1. The molecule has 7 nitrogen and oxygen atoms in total. The van der Waals surface area contributed by atoms with Crippen LogP contribution in [0.3, 0.4) is 0 Å². The van der Waals surface area contributed by atoms with Gasteiger partial charge in [-0.2, -0.15) is 0 Å². The number of amides is 3. The molecule has 1 saturated heterocycles. The van der Waals surface area contributed by atoms with Crippen LogP contribution in [-0.4, -0.2) is 60.7 Å². The van der Waals surface area contributed by atoms with Crippen molar-refractivity contribution in [3.05, 3.63) is 58.1 Å². The second-order valence-corrected chi connectivity index (χ2v) is 7.75. The number of nitrogens with zero attached hydrogens (tertiary/aromatic N) is 2. The van der Waals surface area contributed by atoms with Crippen LogP contribution in [0.25, 0.3) is 0 Å². The molecule has 0 bridgehead atoms. The Bertz CT molecular complexity index is 982. The molecule has 2 aliphatic rings. The number of nitrogens with one attached hydrogen (secondary N) is 2. The molecule has 0 saturated carbocycles. The smallest absolute Gasteiger partial charge is 0.257 e. The first-order chi connectivity index (χ1) is 13.9. The molecule has 0 radical (unpaired) electrons. The molecule has 29 heavy (non-hydrogen) atoms. The third-order valence-electron chi connectivity index (χ3n) is 5.24. The number of hydrogen-bond donors (Lipinski definition) is 2. The number of anilines is 2. The number of carbonyl (C=O) groups is 3. The van der Waals surface area contributed by atoms with E-state index in [-0.39, 0.29) is 29.2 Å². The first-order valence-electron chi connectivity index (χ1n) is 9.42. The van der Waals surface area contributed by atoms with Gasteiger partial charge in [0.2, 0.25) is 5.91 Å². The van der Waals surface area contributed by atoms with Crippen LogP contribution in [0.15, 0.2) is 36.4 Å². The number of rotatable bonds is 3. The average molecular weight is 413 g/mol. The van der Waals surface area contributed by atoms with Crippen LogP contribution < -0.4 is 10.6 Å². The van der Waals surface area contributed by atoms with Crippen molar-refractivity contribution in [2.45, 2.75) is 6.42 Å². The molecule has 0 aliphatic carbocycles. The molecule has 2 aromatic rings. The predicted octanol–water partition coefficient (Wildman–Crippen LogP) is 2.47. The molecule has 4 rings (SSSR count). The number of fused-ring (bicyclic) bond motifs is 1. The van der Waals surface area contributed by atoms with E-state index in [1.165, 1.54) is 0 Å². The fourth-order valence-corrected chi connectivity index (χ4v) is 3.76. The first-order valence-corrected chi connectivity index (χ1v) is 9.80. The highest BCUT2D eigenvalue weighted by atomic mass is 35.5. The van der Waals surface area contributed by atoms with Gasteiger partial charge in [-0.05, 0) is 49.0 Å². The maximum absolute atomic E-state index is 12.6. The number of likely N-dealkylation sites (N-methyl/N-ethyl adjacent to an activating group) is 1. The minimum absolute atomic E-state index is 0.00481. The van der Waals surface area contributed by atoms with E-state index in [1.54, 1.807) is 36.4 Å². The highest BCUT2D eigenvalue weighted by Gasteiger charge is 2.23. The van der Waals surface area contributed by atoms with Crippen molar-refractivity contribution < 1.29 is 14.4 Å². The highest BCUT2D eigenvalue weighted by Crippen LogP contribution is 2.30. The molecule has 150 valence electrons. The Morgan fingerprint density at radius 1 is 1.07 bits per heavy atom. The van der Waals surface area contributed by atoms with E-state index in [1.807, 2.05) is 11.9 Å². The lowest BCUT2D eigenvalue weighted by Crippen LogP contribution is -2.47. The van der Waals surface area contributed by atoms with Crippen molar-refractivity contribution in [3.63, 3.8) is 0 Å². The Hall–Kier alpha value is -2.90. The van der Waals surface area contributed by atoms with Crippen LogP contribution in [0, 0.1) is 0 Å². The highest BCUT2D eigenvalue weighted by molar-refractivity contribution is 6.35. The molecule has 1 fully saturated rings. The quantitative estimate of drug-likeness (QED) is 0.811.